The average molecular weight is 195 g/mol. The summed E-state index contributed by atoms with van der Waals surface area (Å²) in [6.45, 7) is 0. The molecule has 0 aromatic heterocycles. The number of rotatable bonds is 2. The SMILES string of the molecule is COC1(c2ccc(F)cc2)CC(N)C1. The van der Waals surface area contributed by atoms with Gasteiger partial charge in [-0.05, 0) is 30.5 Å². The molecule has 0 heterocycles. The first-order chi connectivity index (χ1) is 6.66. The lowest BCUT2D eigenvalue weighted by molar-refractivity contribution is -0.0888. The molecule has 1 aromatic carbocycles. The van der Waals surface area contributed by atoms with E-state index in [2.05, 4.69) is 0 Å². The molecule has 2 rings (SSSR count). The summed E-state index contributed by atoms with van der Waals surface area (Å²) in [6, 6.07) is 6.66. The highest BCUT2D eigenvalue weighted by atomic mass is 19.1. The van der Waals surface area contributed by atoms with E-state index in [0.717, 1.165) is 18.4 Å². The second kappa shape index (κ2) is 3.33. The van der Waals surface area contributed by atoms with Crippen molar-refractivity contribution in [3.63, 3.8) is 0 Å². The van der Waals surface area contributed by atoms with Gasteiger partial charge in [-0.3, -0.25) is 0 Å². The molecule has 1 fully saturated rings. The third-order valence-electron chi connectivity index (χ3n) is 2.94. The number of ether oxygens (including phenoxy) is 1. The minimum Gasteiger partial charge on any atom is -0.373 e. The van der Waals surface area contributed by atoms with E-state index < -0.39 is 0 Å². The van der Waals surface area contributed by atoms with E-state index in [0.29, 0.717) is 0 Å². The van der Waals surface area contributed by atoms with E-state index in [1.165, 1.54) is 12.1 Å². The largest absolute Gasteiger partial charge is 0.373 e. The van der Waals surface area contributed by atoms with Gasteiger partial charge in [0.15, 0.2) is 0 Å². The zero-order chi connectivity index (χ0) is 10.2. The molecule has 2 nitrogen and oxygen atoms in total. The maximum atomic E-state index is 12.7. The average Bonchev–Trinajstić information content (AvgIpc) is 2.14. The van der Waals surface area contributed by atoms with Crippen LogP contribution >= 0.6 is 0 Å². The van der Waals surface area contributed by atoms with Crippen LogP contribution in [0.25, 0.3) is 0 Å². The summed E-state index contributed by atoms with van der Waals surface area (Å²) in [7, 11) is 1.68. The van der Waals surface area contributed by atoms with E-state index >= 15 is 0 Å². The van der Waals surface area contributed by atoms with Crippen LogP contribution in [0.2, 0.25) is 0 Å². The summed E-state index contributed by atoms with van der Waals surface area (Å²) in [5, 5.41) is 0. The molecule has 1 aromatic rings. The summed E-state index contributed by atoms with van der Waals surface area (Å²) in [4.78, 5) is 0. The molecule has 76 valence electrons. The van der Waals surface area contributed by atoms with Crippen LogP contribution in [0.15, 0.2) is 24.3 Å². The van der Waals surface area contributed by atoms with Crippen LogP contribution < -0.4 is 5.73 Å². The molecule has 2 N–H and O–H groups in total. The third-order valence-corrected chi connectivity index (χ3v) is 2.94. The van der Waals surface area contributed by atoms with E-state index in [9.17, 15) is 4.39 Å². The molecule has 0 unspecified atom stereocenters. The van der Waals surface area contributed by atoms with Crippen LogP contribution in [0.3, 0.4) is 0 Å². The van der Waals surface area contributed by atoms with E-state index in [4.69, 9.17) is 10.5 Å². The van der Waals surface area contributed by atoms with Crippen molar-refractivity contribution >= 4 is 0 Å². The molecular weight excluding hydrogens is 181 g/mol. The fraction of sp³-hybridized carbons (Fsp3) is 0.455. The Balaban J connectivity index is 2.25. The van der Waals surface area contributed by atoms with E-state index in [1.807, 2.05) is 0 Å². The second-order valence-electron chi connectivity index (χ2n) is 3.87. The highest BCUT2D eigenvalue weighted by Gasteiger charge is 2.44. The second-order valence-corrected chi connectivity index (χ2v) is 3.87. The van der Waals surface area contributed by atoms with Gasteiger partial charge in [0, 0.05) is 13.2 Å². The number of nitrogens with two attached hydrogens (primary N) is 1. The van der Waals surface area contributed by atoms with Crippen molar-refractivity contribution in [1.82, 2.24) is 0 Å². The summed E-state index contributed by atoms with van der Waals surface area (Å²) in [6.07, 6.45) is 1.63. The molecule has 0 atom stereocenters. The van der Waals surface area contributed by atoms with Crippen LogP contribution in [0.5, 0.6) is 0 Å². The molecule has 0 radical (unpaired) electrons. The number of hydrogen-bond donors (Lipinski definition) is 1. The zero-order valence-electron chi connectivity index (χ0n) is 8.16. The van der Waals surface area contributed by atoms with Crippen molar-refractivity contribution in [3.8, 4) is 0 Å². The van der Waals surface area contributed by atoms with Gasteiger partial charge < -0.3 is 10.5 Å². The zero-order valence-corrected chi connectivity index (χ0v) is 8.16. The molecule has 3 heteroatoms. The Morgan fingerprint density at radius 1 is 1.36 bits per heavy atom. The first-order valence-corrected chi connectivity index (χ1v) is 4.73. The summed E-state index contributed by atoms with van der Waals surface area (Å²) >= 11 is 0. The molecule has 0 saturated heterocycles. The van der Waals surface area contributed by atoms with Crippen molar-refractivity contribution in [2.75, 3.05) is 7.11 Å². The van der Waals surface area contributed by atoms with Gasteiger partial charge in [0.2, 0.25) is 0 Å². The molecular formula is C11H14FNO. The van der Waals surface area contributed by atoms with Crippen molar-refractivity contribution in [2.45, 2.75) is 24.5 Å². The van der Waals surface area contributed by atoms with Crippen molar-refractivity contribution in [1.29, 1.82) is 0 Å². The monoisotopic (exact) mass is 195 g/mol. The number of halogens is 1. The van der Waals surface area contributed by atoms with Gasteiger partial charge in [-0.2, -0.15) is 0 Å². The Bertz CT molecular complexity index is 317. The van der Waals surface area contributed by atoms with Gasteiger partial charge in [-0.25, -0.2) is 4.39 Å². The smallest absolute Gasteiger partial charge is 0.123 e. The van der Waals surface area contributed by atoms with Gasteiger partial charge >= 0.3 is 0 Å². The van der Waals surface area contributed by atoms with Crippen molar-refractivity contribution < 1.29 is 9.13 Å². The Labute approximate surface area is 82.9 Å². The fourth-order valence-electron chi connectivity index (χ4n) is 2.06. The van der Waals surface area contributed by atoms with Crippen molar-refractivity contribution in [2.24, 2.45) is 5.73 Å². The standard InChI is InChI=1S/C11H14FNO/c1-14-11(6-10(13)7-11)8-2-4-9(12)5-3-8/h2-5,10H,6-7,13H2,1H3. The maximum Gasteiger partial charge on any atom is 0.123 e. The first kappa shape index (κ1) is 9.62. The quantitative estimate of drug-likeness (QED) is 0.780. The summed E-state index contributed by atoms with van der Waals surface area (Å²) in [5.74, 6) is -0.219. The highest BCUT2D eigenvalue weighted by Crippen LogP contribution is 2.43. The van der Waals surface area contributed by atoms with Gasteiger partial charge in [-0.1, -0.05) is 12.1 Å². The van der Waals surface area contributed by atoms with Gasteiger partial charge in [-0.15, -0.1) is 0 Å². The minimum absolute atomic E-state index is 0.208. The van der Waals surface area contributed by atoms with Crippen LogP contribution in [0.1, 0.15) is 18.4 Å². The van der Waals surface area contributed by atoms with Crippen LogP contribution in [-0.4, -0.2) is 13.2 Å². The van der Waals surface area contributed by atoms with Gasteiger partial charge in [0.05, 0.1) is 5.60 Å². The normalized spacial score (nSPS) is 31.2. The predicted octanol–water partition coefficient (Wildman–Crippen LogP) is 1.79. The Hall–Kier alpha value is -0.930. The molecule has 1 aliphatic rings. The number of methoxy groups -OCH3 is 1. The number of hydrogen-bond acceptors (Lipinski definition) is 2. The Morgan fingerprint density at radius 3 is 2.36 bits per heavy atom. The first-order valence-electron chi connectivity index (χ1n) is 4.73. The minimum atomic E-state index is -0.271. The predicted molar refractivity (Wildman–Crippen MR) is 52.3 cm³/mol. The molecule has 0 spiro atoms. The Kier molecular flexibility index (Phi) is 2.29. The van der Waals surface area contributed by atoms with Crippen LogP contribution in [-0.2, 0) is 10.3 Å². The lowest BCUT2D eigenvalue weighted by atomic mass is 9.71. The van der Waals surface area contributed by atoms with Gasteiger partial charge in [0.25, 0.3) is 0 Å². The van der Waals surface area contributed by atoms with Crippen LogP contribution in [0.4, 0.5) is 4.39 Å². The molecule has 0 aliphatic heterocycles. The fourth-order valence-corrected chi connectivity index (χ4v) is 2.06. The molecule has 1 aliphatic carbocycles. The van der Waals surface area contributed by atoms with Crippen LogP contribution in [0, 0.1) is 5.82 Å². The van der Waals surface area contributed by atoms with Gasteiger partial charge in [0.1, 0.15) is 5.82 Å². The molecule has 0 amide bonds. The lowest BCUT2D eigenvalue weighted by Crippen LogP contribution is -2.50. The van der Waals surface area contributed by atoms with Crippen molar-refractivity contribution in [3.05, 3.63) is 35.6 Å². The van der Waals surface area contributed by atoms with E-state index in [-0.39, 0.29) is 17.5 Å². The lowest BCUT2D eigenvalue weighted by Gasteiger charge is -2.45. The topological polar surface area (TPSA) is 35.2 Å². The Morgan fingerprint density at radius 2 is 1.93 bits per heavy atom. The third kappa shape index (κ3) is 1.42. The highest BCUT2D eigenvalue weighted by molar-refractivity contribution is 5.27. The molecule has 1 saturated carbocycles. The maximum absolute atomic E-state index is 12.7. The number of benzene rings is 1. The molecule has 0 bridgehead atoms. The summed E-state index contributed by atoms with van der Waals surface area (Å²) < 4.78 is 18.2. The summed E-state index contributed by atoms with van der Waals surface area (Å²) in [5.41, 5.74) is 6.49. The van der Waals surface area contributed by atoms with E-state index in [1.54, 1.807) is 19.2 Å². The molecule has 14 heavy (non-hydrogen) atoms.